The van der Waals surface area contributed by atoms with E-state index in [9.17, 15) is 4.79 Å². The molecule has 0 radical (unpaired) electrons. The fraction of sp³-hybridized carbons (Fsp3) is 0.200. The van der Waals surface area contributed by atoms with E-state index < -0.39 is 0 Å². The van der Waals surface area contributed by atoms with Gasteiger partial charge >= 0.3 is 5.97 Å². The van der Waals surface area contributed by atoms with Gasteiger partial charge in [-0.2, -0.15) is 0 Å². The zero-order valence-electron chi connectivity index (χ0n) is 26.8. The maximum atomic E-state index is 12.1. The summed E-state index contributed by atoms with van der Waals surface area (Å²) in [6.07, 6.45) is 3.51. The number of nitrogens with zero attached hydrogens (tertiary/aromatic N) is 2. The lowest BCUT2D eigenvalue weighted by Gasteiger charge is -2.22. The largest absolute Gasteiger partial charge is 0.493 e. The van der Waals surface area contributed by atoms with Crippen molar-refractivity contribution in [1.82, 2.24) is 9.55 Å². The number of rotatable bonds is 11. The van der Waals surface area contributed by atoms with Crippen molar-refractivity contribution in [2.75, 3.05) is 13.7 Å². The molecule has 0 saturated carbocycles. The minimum atomic E-state index is -0.385. The quantitative estimate of drug-likeness (QED) is 0.128. The van der Waals surface area contributed by atoms with Crippen LogP contribution in [0.4, 0.5) is 0 Å². The molecule has 0 N–H and O–H groups in total. The van der Waals surface area contributed by atoms with Gasteiger partial charge in [-0.05, 0) is 66.1 Å². The van der Waals surface area contributed by atoms with Gasteiger partial charge in [0.25, 0.3) is 0 Å². The fourth-order valence-corrected chi connectivity index (χ4v) is 7.73. The Morgan fingerprint density at radius 3 is 2.54 bits per heavy atom. The van der Waals surface area contributed by atoms with Gasteiger partial charge in [0.05, 0.1) is 30.5 Å². The molecule has 2 aromatic heterocycles. The Bertz CT molecular complexity index is 2060. The second-order valence-corrected chi connectivity index (χ2v) is 13.8. The zero-order chi connectivity index (χ0) is 33.0. The molecule has 0 amide bonds. The van der Waals surface area contributed by atoms with Gasteiger partial charge in [0, 0.05) is 56.5 Å². The summed E-state index contributed by atoms with van der Waals surface area (Å²) in [4.78, 5) is 18.0. The molecule has 1 aliphatic rings. The predicted molar refractivity (Wildman–Crippen MR) is 193 cm³/mol. The van der Waals surface area contributed by atoms with E-state index in [0.717, 1.165) is 34.0 Å². The normalized spacial score (nSPS) is 13.8. The summed E-state index contributed by atoms with van der Waals surface area (Å²) in [5, 5.41) is 2.34. The maximum Gasteiger partial charge on any atom is 0.337 e. The first kappa shape index (κ1) is 31.9. The lowest BCUT2D eigenvalue weighted by Crippen LogP contribution is -2.11. The summed E-state index contributed by atoms with van der Waals surface area (Å²) < 4.78 is 20.0. The first-order valence-electron chi connectivity index (χ1n) is 16.0. The summed E-state index contributed by atoms with van der Waals surface area (Å²) >= 11 is 8.15. The summed E-state index contributed by atoms with van der Waals surface area (Å²) in [5.41, 5.74) is 8.37. The lowest BCUT2D eigenvalue weighted by atomic mass is 10.0. The van der Waals surface area contributed by atoms with Crippen LogP contribution in [-0.4, -0.2) is 34.5 Å². The standard InChI is InChI=1S/C40H35ClN2O4S/c1-26-21-34-37(47-25-32-16-13-30(23-42-32)28-7-4-3-5-8-28)18-17-35-38(34)39(48-26)36(43(35)24-27-11-14-31(41)15-12-27)19-20-46-33-10-6-9-29(22-33)40(44)45-2/h3-18,22-23,26H,19-21,24-25H2,1-2H3. The van der Waals surface area contributed by atoms with E-state index in [2.05, 4.69) is 54.0 Å². The third-order valence-electron chi connectivity index (χ3n) is 8.59. The van der Waals surface area contributed by atoms with Crippen molar-refractivity contribution in [2.45, 2.75) is 43.1 Å². The molecule has 8 heteroatoms. The molecule has 0 fully saturated rings. The zero-order valence-corrected chi connectivity index (χ0v) is 28.4. The van der Waals surface area contributed by atoms with Crippen LogP contribution in [0.2, 0.25) is 5.02 Å². The van der Waals surface area contributed by atoms with Gasteiger partial charge in [-0.15, -0.1) is 11.8 Å². The number of pyridine rings is 1. The van der Waals surface area contributed by atoms with Crippen molar-refractivity contribution in [3.05, 3.63) is 142 Å². The number of thioether (sulfide) groups is 1. The molecule has 4 aromatic carbocycles. The van der Waals surface area contributed by atoms with E-state index in [1.54, 1.807) is 18.2 Å². The van der Waals surface area contributed by atoms with E-state index in [0.29, 0.717) is 42.7 Å². The average molecular weight is 675 g/mol. The third kappa shape index (κ3) is 6.80. The monoisotopic (exact) mass is 674 g/mol. The van der Waals surface area contributed by atoms with Crippen LogP contribution in [0, 0.1) is 0 Å². The Labute approximate surface area is 289 Å². The van der Waals surface area contributed by atoms with Gasteiger partial charge in [0.2, 0.25) is 0 Å². The molecule has 0 saturated heterocycles. The summed E-state index contributed by atoms with van der Waals surface area (Å²) in [6, 6.07) is 33.9. The highest BCUT2D eigenvalue weighted by atomic mass is 35.5. The number of carbonyl (C=O) groups excluding carboxylic acids is 1. The molecule has 0 bridgehead atoms. The van der Waals surface area contributed by atoms with Crippen LogP contribution in [0.5, 0.6) is 11.5 Å². The van der Waals surface area contributed by atoms with E-state index in [-0.39, 0.29) is 5.97 Å². The second-order valence-electron chi connectivity index (χ2n) is 11.9. The molecule has 6 aromatic rings. The molecular formula is C40H35ClN2O4S. The summed E-state index contributed by atoms with van der Waals surface area (Å²) in [5.74, 6) is 1.15. The van der Waals surface area contributed by atoms with Crippen molar-refractivity contribution in [2.24, 2.45) is 0 Å². The van der Waals surface area contributed by atoms with Gasteiger partial charge in [0.15, 0.2) is 0 Å². The predicted octanol–water partition coefficient (Wildman–Crippen LogP) is 9.43. The number of ether oxygens (including phenoxy) is 3. The molecular weight excluding hydrogens is 640 g/mol. The third-order valence-corrected chi connectivity index (χ3v) is 10.1. The lowest BCUT2D eigenvalue weighted by molar-refractivity contribution is 0.0600. The van der Waals surface area contributed by atoms with Gasteiger partial charge in [-0.25, -0.2) is 4.79 Å². The number of aromatic nitrogens is 2. The Hall–Kier alpha value is -4.72. The first-order valence-corrected chi connectivity index (χ1v) is 17.2. The smallest absolute Gasteiger partial charge is 0.337 e. The van der Waals surface area contributed by atoms with Crippen molar-refractivity contribution in [1.29, 1.82) is 0 Å². The topological polar surface area (TPSA) is 62.6 Å². The SMILES string of the molecule is COC(=O)c1cccc(OCCc2c3c4c(c(OCc5ccc(-c6ccccc6)cn5)ccc4n2Cc2ccc(Cl)cc2)CC(C)S3)c1. The highest BCUT2D eigenvalue weighted by Crippen LogP contribution is 2.47. The van der Waals surface area contributed by atoms with Crippen LogP contribution in [0.3, 0.4) is 0 Å². The number of methoxy groups -OCH3 is 1. The first-order chi connectivity index (χ1) is 23.5. The van der Waals surface area contributed by atoms with Gasteiger partial charge < -0.3 is 18.8 Å². The minimum Gasteiger partial charge on any atom is -0.493 e. The van der Waals surface area contributed by atoms with Crippen molar-refractivity contribution in [3.63, 3.8) is 0 Å². The van der Waals surface area contributed by atoms with E-state index in [1.807, 2.05) is 60.4 Å². The molecule has 48 heavy (non-hydrogen) atoms. The molecule has 7 rings (SSSR count). The van der Waals surface area contributed by atoms with Crippen LogP contribution in [-0.2, 0) is 30.7 Å². The molecule has 0 spiro atoms. The van der Waals surface area contributed by atoms with Crippen LogP contribution in [0.25, 0.3) is 22.0 Å². The molecule has 6 nitrogen and oxygen atoms in total. The van der Waals surface area contributed by atoms with E-state index in [1.165, 1.54) is 39.7 Å². The maximum absolute atomic E-state index is 12.1. The highest BCUT2D eigenvalue weighted by molar-refractivity contribution is 8.00. The number of carbonyl (C=O) groups is 1. The van der Waals surface area contributed by atoms with Gasteiger partial charge in [-0.1, -0.05) is 73.1 Å². The van der Waals surface area contributed by atoms with Crippen LogP contribution >= 0.6 is 23.4 Å². The van der Waals surface area contributed by atoms with Crippen LogP contribution < -0.4 is 9.47 Å². The second kappa shape index (κ2) is 14.2. The molecule has 1 atom stereocenters. The Kier molecular flexibility index (Phi) is 9.41. The number of hydrogen-bond donors (Lipinski definition) is 0. The van der Waals surface area contributed by atoms with Gasteiger partial charge in [0.1, 0.15) is 18.1 Å². The molecule has 1 unspecified atom stereocenters. The van der Waals surface area contributed by atoms with Gasteiger partial charge in [-0.3, -0.25) is 4.98 Å². The van der Waals surface area contributed by atoms with Crippen LogP contribution in [0.15, 0.2) is 114 Å². The fourth-order valence-electron chi connectivity index (χ4n) is 6.26. The van der Waals surface area contributed by atoms with Crippen molar-refractivity contribution in [3.8, 4) is 22.6 Å². The minimum absolute atomic E-state index is 0.372. The van der Waals surface area contributed by atoms with Crippen LogP contribution in [0.1, 0.15) is 39.8 Å². The molecule has 1 aliphatic heterocycles. The number of benzene rings is 4. The van der Waals surface area contributed by atoms with E-state index >= 15 is 0 Å². The Balaban J connectivity index is 1.19. The number of halogens is 1. The van der Waals surface area contributed by atoms with E-state index in [4.69, 9.17) is 30.8 Å². The number of hydrogen-bond acceptors (Lipinski definition) is 6. The molecule has 3 heterocycles. The highest BCUT2D eigenvalue weighted by Gasteiger charge is 2.29. The van der Waals surface area contributed by atoms with Crippen molar-refractivity contribution < 1.29 is 19.0 Å². The Morgan fingerprint density at radius 2 is 1.77 bits per heavy atom. The average Bonchev–Trinajstić information content (AvgIpc) is 3.41. The van der Waals surface area contributed by atoms with Crippen molar-refractivity contribution >= 4 is 40.2 Å². The molecule has 0 aliphatic carbocycles. The summed E-state index contributed by atoms with van der Waals surface area (Å²) in [6.45, 7) is 3.82. The number of esters is 1. The Morgan fingerprint density at radius 1 is 0.938 bits per heavy atom. The summed E-state index contributed by atoms with van der Waals surface area (Å²) in [7, 11) is 1.38. The molecule has 242 valence electrons.